The molecule has 8 nitrogen and oxygen atoms in total. The Hall–Kier alpha value is -2.74. The highest BCUT2D eigenvalue weighted by molar-refractivity contribution is 5.99. The second-order valence-electron chi connectivity index (χ2n) is 6.24. The van der Waals surface area contributed by atoms with Crippen molar-refractivity contribution in [1.82, 2.24) is 29.5 Å². The fourth-order valence-electron chi connectivity index (χ4n) is 3.33. The predicted octanol–water partition coefficient (Wildman–Crippen LogP) is 1.36. The Morgan fingerprint density at radius 3 is 2.88 bits per heavy atom. The molecule has 25 heavy (non-hydrogen) atoms. The van der Waals surface area contributed by atoms with Crippen LogP contribution in [0, 0.1) is 5.92 Å². The molecule has 0 unspecified atom stereocenters. The minimum Gasteiger partial charge on any atom is -0.381 e. The van der Waals surface area contributed by atoms with Gasteiger partial charge in [-0.25, -0.2) is 14.5 Å². The van der Waals surface area contributed by atoms with Crippen LogP contribution < -0.4 is 5.32 Å². The molecule has 1 aliphatic rings. The van der Waals surface area contributed by atoms with Gasteiger partial charge in [-0.1, -0.05) is 0 Å². The number of aryl methyl sites for hydroxylation is 1. The summed E-state index contributed by atoms with van der Waals surface area (Å²) in [6.45, 7) is 1.42. The summed E-state index contributed by atoms with van der Waals surface area (Å²) in [7, 11) is 1.94. The number of hydrogen-bond donors (Lipinski definition) is 1. The lowest BCUT2D eigenvalue weighted by Gasteiger charge is -2.30. The van der Waals surface area contributed by atoms with Crippen LogP contribution in [0.15, 0.2) is 37.1 Å². The summed E-state index contributed by atoms with van der Waals surface area (Å²) >= 11 is 0. The van der Waals surface area contributed by atoms with Crippen LogP contribution in [0.2, 0.25) is 0 Å². The Bertz CT molecular complexity index is 880. The molecule has 130 valence electrons. The van der Waals surface area contributed by atoms with E-state index in [2.05, 4.69) is 20.4 Å². The van der Waals surface area contributed by atoms with Crippen LogP contribution in [-0.2, 0) is 11.8 Å². The Morgan fingerprint density at radius 1 is 1.28 bits per heavy atom. The van der Waals surface area contributed by atoms with E-state index in [1.807, 2.05) is 17.8 Å². The molecular formula is C17H20N6O2. The first-order valence-electron chi connectivity index (χ1n) is 8.38. The van der Waals surface area contributed by atoms with Gasteiger partial charge >= 0.3 is 0 Å². The van der Waals surface area contributed by atoms with Crippen LogP contribution in [0.5, 0.6) is 0 Å². The summed E-state index contributed by atoms with van der Waals surface area (Å²) in [4.78, 5) is 21.6. The van der Waals surface area contributed by atoms with Gasteiger partial charge in [0.2, 0.25) is 0 Å². The highest BCUT2D eigenvalue weighted by Gasteiger charge is 2.30. The number of carbonyl (C=O) groups is 1. The van der Waals surface area contributed by atoms with E-state index in [1.165, 1.54) is 0 Å². The highest BCUT2D eigenvalue weighted by atomic mass is 16.5. The molecule has 1 fully saturated rings. The average Bonchev–Trinajstić information content (AvgIpc) is 3.26. The van der Waals surface area contributed by atoms with Crippen molar-refractivity contribution in [3.8, 4) is 0 Å². The number of ether oxygens (including phenoxy) is 1. The lowest BCUT2D eigenvalue weighted by atomic mass is 9.91. The largest absolute Gasteiger partial charge is 0.381 e. The van der Waals surface area contributed by atoms with E-state index in [-0.39, 0.29) is 17.9 Å². The fraction of sp³-hybridized carbons (Fsp3) is 0.412. The summed E-state index contributed by atoms with van der Waals surface area (Å²) in [5, 5.41) is 7.35. The fourth-order valence-corrected chi connectivity index (χ4v) is 3.33. The third kappa shape index (κ3) is 3.00. The van der Waals surface area contributed by atoms with Gasteiger partial charge in [-0.2, -0.15) is 5.10 Å². The maximum absolute atomic E-state index is 12.9. The molecule has 1 amide bonds. The van der Waals surface area contributed by atoms with Gasteiger partial charge in [0, 0.05) is 45.0 Å². The Kier molecular flexibility index (Phi) is 4.19. The summed E-state index contributed by atoms with van der Waals surface area (Å²) < 4.78 is 9.02. The van der Waals surface area contributed by atoms with Gasteiger partial charge in [0.1, 0.15) is 11.4 Å². The van der Waals surface area contributed by atoms with Crippen LogP contribution in [0.1, 0.15) is 35.1 Å². The Balaban J connectivity index is 1.63. The van der Waals surface area contributed by atoms with E-state index in [1.54, 1.807) is 35.4 Å². The molecular weight excluding hydrogens is 320 g/mol. The summed E-state index contributed by atoms with van der Waals surface area (Å²) in [6.07, 6.45) is 10.4. The molecule has 1 N–H and O–H groups in total. The van der Waals surface area contributed by atoms with E-state index in [0.29, 0.717) is 24.4 Å². The van der Waals surface area contributed by atoms with E-state index >= 15 is 0 Å². The SMILES string of the molecule is Cn1ccnc1[C@H](NC(=O)c1cnn2cccnc12)C1CCOCC1. The molecule has 4 rings (SSSR count). The van der Waals surface area contributed by atoms with Crippen molar-refractivity contribution < 1.29 is 9.53 Å². The standard InChI is InChI=1S/C17H20N6O2/c1-22-8-6-19-16(22)14(12-3-9-25-10-4-12)21-17(24)13-11-20-23-7-2-5-18-15(13)23/h2,5-8,11-12,14H,3-4,9-10H2,1H3,(H,21,24)/t14-/m1/s1. The predicted molar refractivity (Wildman–Crippen MR) is 89.9 cm³/mol. The zero-order valence-corrected chi connectivity index (χ0v) is 14.0. The van der Waals surface area contributed by atoms with E-state index in [0.717, 1.165) is 18.7 Å². The normalized spacial score (nSPS) is 16.8. The molecule has 1 saturated heterocycles. The lowest BCUT2D eigenvalue weighted by molar-refractivity contribution is 0.0499. The number of imidazole rings is 1. The highest BCUT2D eigenvalue weighted by Crippen LogP contribution is 2.29. The van der Waals surface area contributed by atoms with Crippen molar-refractivity contribution in [1.29, 1.82) is 0 Å². The number of amides is 1. The van der Waals surface area contributed by atoms with Gasteiger partial charge in [-0.15, -0.1) is 0 Å². The van der Waals surface area contributed by atoms with E-state index in [9.17, 15) is 4.79 Å². The minimum absolute atomic E-state index is 0.171. The quantitative estimate of drug-likeness (QED) is 0.775. The van der Waals surface area contributed by atoms with Crippen LogP contribution >= 0.6 is 0 Å². The second kappa shape index (κ2) is 6.64. The number of rotatable bonds is 4. The molecule has 0 spiro atoms. The van der Waals surface area contributed by atoms with Gasteiger partial charge in [-0.3, -0.25) is 4.79 Å². The number of hydrogen-bond acceptors (Lipinski definition) is 5. The zero-order valence-electron chi connectivity index (χ0n) is 14.0. The first-order valence-corrected chi connectivity index (χ1v) is 8.38. The number of fused-ring (bicyclic) bond motifs is 1. The monoisotopic (exact) mass is 340 g/mol. The van der Waals surface area contributed by atoms with Crippen molar-refractivity contribution in [2.75, 3.05) is 13.2 Å². The topological polar surface area (TPSA) is 86.3 Å². The molecule has 3 aromatic heterocycles. The molecule has 1 atom stereocenters. The molecule has 0 radical (unpaired) electrons. The molecule has 0 aliphatic carbocycles. The van der Waals surface area contributed by atoms with Gasteiger partial charge < -0.3 is 14.6 Å². The maximum atomic E-state index is 12.9. The minimum atomic E-state index is -0.187. The van der Waals surface area contributed by atoms with Crippen molar-refractivity contribution in [3.05, 3.63) is 48.4 Å². The zero-order chi connectivity index (χ0) is 17.2. The molecule has 0 aromatic carbocycles. The van der Waals surface area contributed by atoms with E-state index < -0.39 is 0 Å². The average molecular weight is 340 g/mol. The summed E-state index contributed by atoms with van der Waals surface area (Å²) in [5.41, 5.74) is 1.01. The molecule has 8 heteroatoms. The van der Waals surface area contributed by atoms with Crippen molar-refractivity contribution >= 4 is 11.6 Å². The number of nitrogens with one attached hydrogen (secondary N) is 1. The number of nitrogens with zero attached hydrogens (tertiary/aromatic N) is 5. The van der Waals surface area contributed by atoms with Gasteiger partial charge in [0.25, 0.3) is 5.91 Å². The number of carbonyl (C=O) groups excluding carboxylic acids is 1. The third-order valence-electron chi connectivity index (χ3n) is 4.68. The smallest absolute Gasteiger partial charge is 0.257 e. The van der Waals surface area contributed by atoms with Crippen LogP contribution in [0.4, 0.5) is 0 Å². The lowest BCUT2D eigenvalue weighted by Crippen LogP contribution is -2.37. The summed E-state index contributed by atoms with van der Waals surface area (Å²) in [5.74, 6) is 0.950. The number of aromatic nitrogens is 5. The van der Waals surface area contributed by atoms with Crippen molar-refractivity contribution in [3.63, 3.8) is 0 Å². The Labute approximate surface area is 144 Å². The van der Waals surface area contributed by atoms with Crippen molar-refractivity contribution in [2.45, 2.75) is 18.9 Å². The molecule has 0 bridgehead atoms. The third-order valence-corrected chi connectivity index (χ3v) is 4.68. The molecule has 3 aromatic rings. The first-order chi connectivity index (χ1) is 12.2. The molecule has 4 heterocycles. The van der Waals surface area contributed by atoms with E-state index in [4.69, 9.17) is 4.74 Å². The molecule has 0 saturated carbocycles. The van der Waals surface area contributed by atoms with Crippen LogP contribution in [-0.4, -0.2) is 43.3 Å². The van der Waals surface area contributed by atoms with Gasteiger partial charge in [0.15, 0.2) is 5.65 Å². The maximum Gasteiger partial charge on any atom is 0.257 e. The van der Waals surface area contributed by atoms with Gasteiger partial charge in [0.05, 0.1) is 12.2 Å². The van der Waals surface area contributed by atoms with Crippen LogP contribution in [0.3, 0.4) is 0 Å². The molecule has 1 aliphatic heterocycles. The Morgan fingerprint density at radius 2 is 2.12 bits per heavy atom. The van der Waals surface area contributed by atoms with Gasteiger partial charge in [-0.05, 0) is 24.8 Å². The van der Waals surface area contributed by atoms with Crippen molar-refractivity contribution in [2.24, 2.45) is 13.0 Å². The second-order valence-corrected chi connectivity index (χ2v) is 6.24. The first kappa shape index (κ1) is 15.8. The summed E-state index contributed by atoms with van der Waals surface area (Å²) in [6, 6.07) is 1.61. The van der Waals surface area contributed by atoms with Crippen LogP contribution in [0.25, 0.3) is 5.65 Å².